The number of aromatic nitrogens is 3. The summed E-state index contributed by atoms with van der Waals surface area (Å²) in [5.74, 6) is 2.33. The molecule has 0 amide bonds. The van der Waals surface area contributed by atoms with Crippen LogP contribution in [0.2, 0.25) is 0 Å². The normalized spacial score (nSPS) is 18.7. The number of rotatable bonds is 4. The van der Waals surface area contributed by atoms with Gasteiger partial charge in [0.1, 0.15) is 17.8 Å². The zero-order chi connectivity index (χ0) is 18.1. The molecule has 26 heavy (non-hydrogen) atoms. The highest BCUT2D eigenvalue weighted by Crippen LogP contribution is 2.41. The number of benzene rings is 2. The van der Waals surface area contributed by atoms with E-state index in [0.717, 1.165) is 29.4 Å². The summed E-state index contributed by atoms with van der Waals surface area (Å²) in [6, 6.07) is 14.7. The summed E-state index contributed by atoms with van der Waals surface area (Å²) in [5, 5.41) is 7.92. The third-order valence-electron chi connectivity index (χ3n) is 4.70. The van der Waals surface area contributed by atoms with E-state index < -0.39 is 0 Å². The fourth-order valence-electron chi connectivity index (χ4n) is 3.39. The zero-order valence-corrected chi connectivity index (χ0v) is 16.7. The molecule has 2 heterocycles. The van der Waals surface area contributed by atoms with Crippen molar-refractivity contribution in [3.63, 3.8) is 0 Å². The Kier molecular flexibility index (Phi) is 4.71. The molecule has 3 aromatic rings. The molecule has 7 heteroatoms. The van der Waals surface area contributed by atoms with Crippen molar-refractivity contribution in [2.45, 2.75) is 18.5 Å². The van der Waals surface area contributed by atoms with E-state index in [1.807, 2.05) is 22.9 Å². The van der Waals surface area contributed by atoms with Crippen LogP contribution in [-0.4, -0.2) is 29.0 Å². The average molecular weight is 462 g/mol. The van der Waals surface area contributed by atoms with Crippen LogP contribution in [-0.2, 0) is 0 Å². The zero-order valence-electron chi connectivity index (χ0n) is 14.5. The topological polar surface area (TPSA) is 61.2 Å². The van der Waals surface area contributed by atoms with E-state index >= 15 is 0 Å². The molecule has 2 aromatic carbocycles. The van der Waals surface area contributed by atoms with Gasteiger partial charge in [0, 0.05) is 15.2 Å². The van der Waals surface area contributed by atoms with Crippen molar-refractivity contribution in [3.8, 4) is 11.5 Å². The fourth-order valence-corrected chi connectivity index (χ4v) is 3.75. The van der Waals surface area contributed by atoms with Crippen LogP contribution in [0.4, 0.5) is 5.95 Å². The third kappa shape index (κ3) is 3.11. The third-order valence-corrected chi connectivity index (χ3v) is 5.42. The van der Waals surface area contributed by atoms with Gasteiger partial charge in [0.2, 0.25) is 5.95 Å². The Labute approximate surface area is 165 Å². The van der Waals surface area contributed by atoms with Gasteiger partial charge < -0.3 is 14.8 Å². The Morgan fingerprint density at radius 1 is 1.12 bits per heavy atom. The lowest BCUT2D eigenvalue weighted by molar-refractivity contribution is 0.371. The first kappa shape index (κ1) is 17.1. The summed E-state index contributed by atoms with van der Waals surface area (Å²) in [7, 11) is 3.33. The van der Waals surface area contributed by atoms with E-state index in [-0.39, 0.29) is 12.1 Å². The van der Waals surface area contributed by atoms with Crippen LogP contribution in [0, 0.1) is 3.57 Å². The first-order valence-corrected chi connectivity index (χ1v) is 9.41. The van der Waals surface area contributed by atoms with E-state index in [1.165, 1.54) is 9.13 Å². The highest BCUT2D eigenvalue weighted by Gasteiger charge is 2.31. The Balaban J connectivity index is 1.75. The first-order valence-electron chi connectivity index (χ1n) is 8.33. The average Bonchev–Trinajstić information content (AvgIpc) is 3.16. The Hall–Kier alpha value is -2.29. The lowest BCUT2D eigenvalue weighted by Gasteiger charge is -2.32. The van der Waals surface area contributed by atoms with Crippen molar-refractivity contribution in [2.24, 2.45) is 0 Å². The van der Waals surface area contributed by atoms with Gasteiger partial charge in [0.15, 0.2) is 0 Å². The molecule has 0 unspecified atom stereocenters. The fraction of sp³-hybridized carbons (Fsp3) is 0.263. The number of halogens is 1. The second-order valence-corrected chi connectivity index (χ2v) is 7.38. The molecule has 134 valence electrons. The minimum Gasteiger partial charge on any atom is -0.497 e. The van der Waals surface area contributed by atoms with Crippen LogP contribution in [0.25, 0.3) is 0 Å². The summed E-state index contributed by atoms with van der Waals surface area (Å²) in [4.78, 5) is 4.39. The second-order valence-electron chi connectivity index (χ2n) is 6.14. The van der Waals surface area contributed by atoms with Gasteiger partial charge in [-0.15, -0.1) is 0 Å². The van der Waals surface area contributed by atoms with Crippen molar-refractivity contribution in [2.75, 3.05) is 19.5 Å². The van der Waals surface area contributed by atoms with Gasteiger partial charge >= 0.3 is 0 Å². The van der Waals surface area contributed by atoms with E-state index in [0.29, 0.717) is 0 Å². The number of hydrogen-bond acceptors (Lipinski definition) is 5. The standard InChI is InChI=1S/C19H19IN4O2/c1-25-14-7-8-15(18(9-14)26-2)17-10-16(12-3-5-13(20)6-4-12)23-19-21-11-22-24(17)19/h3-9,11,16-17H,10H2,1-2H3,(H,21,22,23)/t16-,17+/m0/s1. The molecule has 0 bridgehead atoms. The SMILES string of the molecule is COc1ccc([C@H]2C[C@@H](c3ccc(I)cc3)Nc3ncnn32)c(OC)c1. The predicted octanol–water partition coefficient (Wildman–Crippen LogP) is 4.05. The van der Waals surface area contributed by atoms with Crippen molar-refractivity contribution in [1.29, 1.82) is 0 Å². The minimum absolute atomic E-state index is 0.0267. The summed E-state index contributed by atoms with van der Waals surface area (Å²) in [6.07, 6.45) is 2.43. The Morgan fingerprint density at radius 3 is 2.65 bits per heavy atom. The van der Waals surface area contributed by atoms with Crippen molar-refractivity contribution in [1.82, 2.24) is 14.8 Å². The summed E-state index contributed by atoms with van der Waals surface area (Å²) in [5.41, 5.74) is 2.30. The molecule has 2 atom stereocenters. The molecule has 1 N–H and O–H groups in total. The van der Waals surface area contributed by atoms with Gasteiger partial charge in [0.05, 0.1) is 26.3 Å². The largest absolute Gasteiger partial charge is 0.497 e. The number of methoxy groups -OCH3 is 2. The van der Waals surface area contributed by atoms with E-state index in [2.05, 4.69) is 62.3 Å². The summed E-state index contributed by atoms with van der Waals surface area (Å²) < 4.78 is 14.1. The Bertz CT molecular complexity index is 910. The first-order chi connectivity index (χ1) is 12.7. The smallest absolute Gasteiger partial charge is 0.222 e. The van der Waals surface area contributed by atoms with Crippen LogP contribution in [0.3, 0.4) is 0 Å². The number of nitrogens with zero attached hydrogens (tertiary/aromatic N) is 3. The molecule has 6 nitrogen and oxygen atoms in total. The molecule has 1 aliphatic heterocycles. The van der Waals surface area contributed by atoms with Crippen LogP contribution in [0.15, 0.2) is 48.8 Å². The lowest BCUT2D eigenvalue weighted by atomic mass is 9.93. The molecule has 0 spiro atoms. The maximum atomic E-state index is 5.63. The molecule has 0 radical (unpaired) electrons. The van der Waals surface area contributed by atoms with Crippen LogP contribution < -0.4 is 14.8 Å². The molecule has 4 rings (SSSR count). The summed E-state index contributed by atoms with van der Waals surface area (Å²) in [6.45, 7) is 0. The van der Waals surface area contributed by atoms with Gasteiger partial charge in [-0.1, -0.05) is 12.1 Å². The van der Waals surface area contributed by atoms with Crippen molar-refractivity contribution in [3.05, 3.63) is 63.5 Å². The lowest BCUT2D eigenvalue weighted by Crippen LogP contribution is -2.28. The van der Waals surface area contributed by atoms with Gasteiger partial charge in [-0.3, -0.25) is 0 Å². The van der Waals surface area contributed by atoms with Gasteiger partial charge in [-0.25, -0.2) is 4.68 Å². The highest BCUT2D eigenvalue weighted by atomic mass is 127. The van der Waals surface area contributed by atoms with Crippen LogP contribution >= 0.6 is 22.6 Å². The van der Waals surface area contributed by atoms with E-state index in [9.17, 15) is 0 Å². The minimum atomic E-state index is 0.0267. The van der Waals surface area contributed by atoms with Crippen molar-refractivity contribution < 1.29 is 9.47 Å². The number of ether oxygens (including phenoxy) is 2. The molecule has 1 aliphatic rings. The monoisotopic (exact) mass is 462 g/mol. The highest BCUT2D eigenvalue weighted by molar-refractivity contribution is 14.1. The molecule has 0 saturated heterocycles. The molecule has 1 aromatic heterocycles. The second kappa shape index (κ2) is 7.14. The number of fused-ring (bicyclic) bond motifs is 1. The molecular weight excluding hydrogens is 443 g/mol. The van der Waals surface area contributed by atoms with Gasteiger partial charge in [-0.05, 0) is 58.8 Å². The van der Waals surface area contributed by atoms with Crippen LogP contribution in [0.1, 0.15) is 29.6 Å². The number of anilines is 1. The molecule has 0 fully saturated rings. The molecule has 0 saturated carbocycles. The van der Waals surface area contributed by atoms with E-state index in [1.54, 1.807) is 20.5 Å². The number of nitrogens with one attached hydrogen (secondary N) is 1. The maximum Gasteiger partial charge on any atom is 0.222 e. The van der Waals surface area contributed by atoms with Gasteiger partial charge in [0.25, 0.3) is 0 Å². The van der Waals surface area contributed by atoms with Crippen molar-refractivity contribution >= 4 is 28.5 Å². The quantitative estimate of drug-likeness (QED) is 0.593. The summed E-state index contributed by atoms with van der Waals surface area (Å²) >= 11 is 2.32. The van der Waals surface area contributed by atoms with Gasteiger partial charge in [-0.2, -0.15) is 10.1 Å². The molecular formula is C19H19IN4O2. The molecule has 0 aliphatic carbocycles. The predicted molar refractivity (Wildman–Crippen MR) is 108 cm³/mol. The van der Waals surface area contributed by atoms with E-state index in [4.69, 9.17) is 9.47 Å². The maximum absolute atomic E-state index is 5.63. The number of hydrogen-bond donors (Lipinski definition) is 1. The van der Waals surface area contributed by atoms with Crippen LogP contribution in [0.5, 0.6) is 11.5 Å². The Morgan fingerprint density at radius 2 is 1.92 bits per heavy atom.